The van der Waals surface area contributed by atoms with Gasteiger partial charge in [0.25, 0.3) is 0 Å². The summed E-state index contributed by atoms with van der Waals surface area (Å²) in [6.07, 6.45) is -7.45. The number of halogens is 9. The van der Waals surface area contributed by atoms with Gasteiger partial charge < -0.3 is 10.1 Å². The number of ether oxygens (including phenoxy) is 1. The van der Waals surface area contributed by atoms with E-state index >= 15 is 0 Å². The number of rotatable bonds is 10. The van der Waals surface area contributed by atoms with E-state index in [1.54, 1.807) is 26.8 Å². The van der Waals surface area contributed by atoms with Crippen molar-refractivity contribution in [1.29, 1.82) is 0 Å². The van der Waals surface area contributed by atoms with E-state index in [4.69, 9.17) is 17.9 Å². The molecule has 0 saturated carbocycles. The van der Waals surface area contributed by atoms with E-state index in [1.165, 1.54) is 30.6 Å². The number of carbonyl (C=O) groups excluding carboxylic acids is 3. The molecule has 1 amide bonds. The average Bonchev–Trinajstić information content (AvgIpc) is 3.85. The van der Waals surface area contributed by atoms with Gasteiger partial charge in [0.1, 0.15) is 35.4 Å². The molecule has 0 spiro atoms. The number of hydrogen-bond donors (Lipinski definition) is 1. The van der Waals surface area contributed by atoms with E-state index in [-0.39, 0.29) is 73.9 Å². The van der Waals surface area contributed by atoms with Crippen molar-refractivity contribution in [2.75, 3.05) is 13.1 Å². The molecule has 0 aromatic carbocycles. The highest BCUT2D eigenvalue weighted by atomic mass is 35.5. The van der Waals surface area contributed by atoms with Crippen LogP contribution in [0.2, 0.25) is 0 Å². The molecule has 0 bridgehead atoms. The second kappa shape index (κ2) is 21.0. The molecule has 2 aliphatic rings. The molecule has 0 unspecified atom stereocenters. The zero-order valence-electron chi connectivity index (χ0n) is 34.4. The largest absolute Gasteiger partial charge is 0.444 e. The van der Waals surface area contributed by atoms with E-state index < -0.39 is 65.6 Å². The molecule has 2 aliphatic heterocycles. The fraction of sp³-hybridized carbons (Fsp3) is 0.419. The van der Waals surface area contributed by atoms with Crippen LogP contribution in [0.25, 0.3) is 32.2 Å². The van der Waals surface area contributed by atoms with Gasteiger partial charge in [0.15, 0.2) is 11.6 Å². The lowest BCUT2D eigenvalue weighted by Crippen LogP contribution is -2.46. The summed E-state index contributed by atoms with van der Waals surface area (Å²) in [5, 5.41) is 2.83. The first kappa shape index (κ1) is 50.5. The average molecular weight is 921 g/mol. The number of aryl methyl sites for hydroxylation is 2. The monoisotopic (exact) mass is 920 g/mol. The van der Waals surface area contributed by atoms with Crippen molar-refractivity contribution < 1.29 is 54.2 Å². The highest BCUT2D eigenvalue weighted by Crippen LogP contribution is 2.33. The van der Waals surface area contributed by atoms with E-state index in [0.29, 0.717) is 40.9 Å². The molecular formula is C43H41ClF8N8O4. The molecule has 21 heteroatoms. The van der Waals surface area contributed by atoms with Crippen LogP contribution in [0.3, 0.4) is 0 Å². The molecule has 64 heavy (non-hydrogen) atoms. The summed E-state index contributed by atoms with van der Waals surface area (Å²) in [5.74, 6) is -0.776. The molecule has 0 radical (unpaired) electrons. The lowest BCUT2D eigenvalue weighted by Gasteiger charge is -2.28. The number of ketones is 2. The Labute approximate surface area is 368 Å². The maximum atomic E-state index is 14.5. The molecule has 6 heterocycles. The first-order chi connectivity index (χ1) is 29.6. The van der Waals surface area contributed by atoms with Gasteiger partial charge in [-0.15, -0.1) is 12.4 Å². The molecule has 2 fully saturated rings. The summed E-state index contributed by atoms with van der Waals surface area (Å²) in [6.45, 7) is 20.1. The zero-order valence-corrected chi connectivity index (χ0v) is 35.3. The Balaban J connectivity index is 0.000000283. The molecule has 4 atom stereocenters. The second-order valence-corrected chi connectivity index (χ2v) is 15.6. The van der Waals surface area contributed by atoms with Crippen LogP contribution in [0.1, 0.15) is 69.0 Å². The van der Waals surface area contributed by atoms with Gasteiger partial charge >= 0.3 is 18.4 Å². The molecule has 4 aromatic heterocycles. The lowest BCUT2D eigenvalue weighted by molar-refractivity contribution is -0.141. The number of nitrogens with zero attached hydrogens (tertiary/aromatic N) is 7. The second-order valence-electron chi connectivity index (χ2n) is 15.6. The van der Waals surface area contributed by atoms with Crippen LogP contribution in [0.4, 0.5) is 51.3 Å². The third-order valence-corrected chi connectivity index (χ3v) is 9.93. The number of pyridine rings is 4. The summed E-state index contributed by atoms with van der Waals surface area (Å²) in [7, 11) is 0. The van der Waals surface area contributed by atoms with Gasteiger partial charge in [-0.1, -0.05) is 0 Å². The minimum atomic E-state index is -4.58. The van der Waals surface area contributed by atoms with Gasteiger partial charge in [-0.25, -0.2) is 23.3 Å². The Kier molecular flexibility index (Phi) is 16.6. The maximum Gasteiger partial charge on any atom is 0.433 e. The normalized spacial score (nSPS) is 18.5. The van der Waals surface area contributed by atoms with Crippen molar-refractivity contribution in [3.63, 3.8) is 0 Å². The number of Topliss-reactive ketones (excluding diaryl/α,β-unsaturated/α-hetero) is 2. The number of nitrogens with one attached hydrogen (secondary N) is 1. The van der Waals surface area contributed by atoms with Crippen molar-refractivity contribution in [1.82, 2.24) is 30.2 Å². The standard InChI is InChI=1S/C24H24F4N4O3.C19H16F4N4O.ClH/c1-23(2,3)35-22(34)32-10-9-16(25)21(32)19(33)7-5-14-11-17(30-13-18(14)29-4)15-6-8-20(31-12-15)24(26,27)28;1-24-15-10-26-14(12-3-5-17(27-9-12)19(21,22)23)8-11(15)2-4-16(28)18-13(20)6-7-25-18;/h6,8,11-13,16,21H,5,7,9-10H2,1-3H3;3,5,8-10,13,18,25H,2,4,6-7H2;1H/t16-,21-;13-,18-;/m00./s1. The first-order valence-corrected chi connectivity index (χ1v) is 19.5. The van der Waals surface area contributed by atoms with Crippen LogP contribution in [-0.2, 0) is 39.5 Å². The van der Waals surface area contributed by atoms with Crippen molar-refractivity contribution in [3.8, 4) is 22.5 Å². The Bertz CT molecular complexity index is 2380. The van der Waals surface area contributed by atoms with Crippen molar-refractivity contribution in [3.05, 3.63) is 107 Å². The van der Waals surface area contributed by atoms with E-state index in [1.807, 2.05) is 0 Å². The minimum Gasteiger partial charge on any atom is -0.444 e. The van der Waals surface area contributed by atoms with Gasteiger partial charge in [0.2, 0.25) is 11.4 Å². The highest BCUT2D eigenvalue weighted by molar-refractivity contribution is 5.89. The van der Waals surface area contributed by atoms with Crippen molar-refractivity contribution in [2.45, 2.75) is 102 Å². The SMILES string of the molecule is Cl.[C-]#[N+]c1cnc(-c2ccc(C(F)(F)F)nc2)cc1CCC(=O)[C@@H]1[C@@H](F)CCN1C(=O)OC(C)(C)C.[C-]#[N+]c1cnc(-c2ccc(C(F)(F)F)nc2)cc1CCC(=O)[C@H]1NCC[C@@H]1F. The van der Waals surface area contributed by atoms with Crippen LogP contribution in [0.5, 0.6) is 0 Å². The summed E-state index contributed by atoms with van der Waals surface area (Å²) in [5.41, 5.74) is -0.209. The molecule has 340 valence electrons. The number of amides is 1. The third kappa shape index (κ3) is 13.0. The van der Waals surface area contributed by atoms with Gasteiger partial charge in [0, 0.05) is 55.3 Å². The van der Waals surface area contributed by atoms with E-state index in [9.17, 15) is 49.5 Å². The van der Waals surface area contributed by atoms with Crippen LogP contribution in [0.15, 0.2) is 61.2 Å². The fourth-order valence-electron chi connectivity index (χ4n) is 6.78. The van der Waals surface area contributed by atoms with Crippen LogP contribution in [-0.4, -0.2) is 85.6 Å². The first-order valence-electron chi connectivity index (χ1n) is 19.5. The van der Waals surface area contributed by atoms with Crippen LogP contribution < -0.4 is 5.32 Å². The predicted molar refractivity (Wildman–Crippen MR) is 219 cm³/mol. The number of likely N-dealkylation sites (tertiary alicyclic amines) is 1. The Morgan fingerprint density at radius 2 is 1.22 bits per heavy atom. The number of carbonyl (C=O) groups is 3. The molecule has 2 saturated heterocycles. The summed E-state index contributed by atoms with van der Waals surface area (Å²) < 4.78 is 110. The third-order valence-electron chi connectivity index (χ3n) is 9.93. The molecule has 0 aliphatic carbocycles. The highest BCUT2D eigenvalue weighted by Gasteiger charge is 2.43. The Morgan fingerprint density at radius 1 is 0.734 bits per heavy atom. The maximum absolute atomic E-state index is 14.5. The Morgan fingerprint density at radius 3 is 1.61 bits per heavy atom. The summed E-state index contributed by atoms with van der Waals surface area (Å²) in [4.78, 5) is 60.4. The van der Waals surface area contributed by atoms with Crippen molar-refractivity contribution >= 4 is 41.4 Å². The quantitative estimate of drug-likeness (QED) is 0.122. The van der Waals surface area contributed by atoms with Crippen LogP contribution >= 0.6 is 12.4 Å². The molecule has 4 aromatic rings. The van der Waals surface area contributed by atoms with Gasteiger partial charge in [-0.2, -0.15) is 26.3 Å². The summed E-state index contributed by atoms with van der Waals surface area (Å²) >= 11 is 0. The van der Waals surface area contributed by atoms with Gasteiger partial charge in [-0.3, -0.25) is 34.4 Å². The smallest absolute Gasteiger partial charge is 0.433 e. The number of hydrogen-bond acceptors (Lipinski definition) is 9. The predicted octanol–water partition coefficient (Wildman–Crippen LogP) is 9.90. The van der Waals surface area contributed by atoms with Crippen LogP contribution in [0, 0.1) is 13.1 Å². The number of aromatic nitrogens is 4. The molecule has 6 rings (SSSR count). The minimum absolute atomic E-state index is 0. The summed E-state index contributed by atoms with van der Waals surface area (Å²) in [6, 6.07) is 5.11. The topological polar surface area (TPSA) is 136 Å². The van der Waals surface area contributed by atoms with E-state index in [0.717, 1.165) is 29.4 Å². The molecule has 12 nitrogen and oxygen atoms in total. The molecular weight excluding hydrogens is 880 g/mol. The molecule has 1 N–H and O–H groups in total. The fourth-order valence-corrected chi connectivity index (χ4v) is 6.78. The van der Waals surface area contributed by atoms with E-state index in [2.05, 4.69) is 34.9 Å². The zero-order chi connectivity index (χ0) is 46.3. The lowest BCUT2D eigenvalue weighted by atomic mass is 9.99. The number of alkyl halides is 8. The Hall–Kier alpha value is -6.12. The van der Waals surface area contributed by atoms with Gasteiger partial charge in [0.05, 0.1) is 30.6 Å². The van der Waals surface area contributed by atoms with Gasteiger partial charge in [-0.05, 0) is 101 Å². The van der Waals surface area contributed by atoms with Crippen molar-refractivity contribution in [2.24, 2.45) is 0 Å².